The van der Waals surface area contributed by atoms with Gasteiger partial charge < -0.3 is 10.1 Å². The molecular formula is C10H18ClNO2. The second-order valence-corrected chi connectivity index (χ2v) is 4.13. The van der Waals surface area contributed by atoms with Crippen molar-refractivity contribution in [3.8, 4) is 0 Å². The number of carbonyl (C=O) groups is 1. The standard InChI is InChI=1S/C10H17NO2.ClH/c1-13-10(12)9-6-7-4-2-3-5-8(7)11-9;/h7-9,11H,2-6H2,1H3;1H/t7-,8-,9-;/m0./s1. The Balaban J connectivity index is 0.000000980. The van der Waals surface area contributed by atoms with Crippen LogP contribution in [0.2, 0.25) is 0 Å². The maximum Gasteiger partial charge on any atom is 0.322 e. The lowest BCUT2D eigenvalue weighted by atomic mass is 9.85. The minimum Gasteiger partial charge on any atom is -0.468 e. The summed E-state index contributed by atoms with van der Waals surface area (Å²) in [6.07, 6.45) is 6.14. The van der Waals surface area contributed by atoms with Gasteiger partial charge in [0.15, 0.2) is 0 Å². The van der Waals surface area contributed by atoms with Gasteiger partial charge in [-0.25, -0.2) is 0 Å². The van der Waals surface area contributed by atoms with Crippen molar-refractivity contribution in [2.75, 3.05) is 7.11 Å². The molecule has 0 unspecified atom stereocenters. The molecule has 0 aromatic rings. The highest BCUT2D eigenvalue weighted by Crippen LogP contribution is 2.33. The lowest BCUT2D eigenvalue weighted by Crippen LogP contribution is -2.37. The summed E-state index contributed by atoms with van der Waals surface area (Å²) in [5, 5.41) is 3.37. The molecule has 1 saturated carbocycles. The van der Waals surface area contributed by atoms with Crippen LogP contribution in [0, 0.1) is 5.92 Å². The van der Waals surface area contributed by atoms with Gasteiger partial charge in [-0.05, 0) is 25.2 Å². The van der Waals surface area contributed by atoms with E-state index in [0.29, 0.717) is 6.04 Å². The number of methoxy groups -OCH3 is 1. The number of esters is 1. The molecule has 0 radical (unpaired) electrons. The Bertz CT molecular complexity index is 196. The van der Waals surface area contributed by atoms with Crippen molar-refractivity contribution in [2.24, 2.45) is 5.92 Å². The average molecular weight is 220 g/mol. The van der Waals surface area contributed by atoms with Crippen LogP contribution in [0.15, 0.2) is 0 Å². The molecule has 0 spiro atoms. The SMILES string of the molecule is COC(=O)[C@@H]1C[C@@H]2CCCC[C@@H]2N1.Cl. The molecule has 0 amide bonds. The predicted molar refractivity (Wildman–Crippen MR) is 56.6 cm³/mol. The van der Waals surface area contributed by atoms with Crippen molar-refractivity contribution in [1.29, 1.82) is 0 Å². The Morgan fingerprint density at radius 2 is 2.07 bits per heavy atom. The quantitative estimate of drug-likeness (QED) is 0.680. The van der Waals surface area contributed by atoms with Crippen LogP contribution >= 0.6 is 12.4 Å². The summed E-state index contributed by atoms with van der Waals surface area (Å²) in [4.78, 5) is 11.3. The van der Waals surface area contributed by atoms with Gasteiger partial charge in [0.05, 0.1) is 7.11 Å². The molecule has 3 atom stereocenters. The average Bonchev–Trinajstić information content (AvgIpc) is 2.59. The van der Waals surface area contributed by atoms with Crippen molar-refractivity contribution < 1.29 is 9.53 Å². The molecule has 1 aliphatic carbocycles. The van der Waals surface area contributed by atoms with Gasteiger partial charge in [-0.3, -0.25) is 4.79 Å². The van der Waals surface area contributed by atoms with Crippen molar-refractivity contribution in [2.45, 2.75) is 44.2 Å². The molecule has 3 nitrogen and oxygen atoms in total. The minimum absolute atomic E-state index is 0. The molecular weight excluding hydrogens is 202 g/mol. The van der Waals surface area contributed by atoms with Crippen LogP contribution in [0.5, 0.6) is 0 Å². The fourth-order valence-electron chi connectivity index (χ4n) is 2.64. The van der Waals surface area contributed by atoms with Gasteiger partial charge in [-0.15, -0.1) is 12.4 Å². The molecule has 0 aromatic heterocycles. The monoisotopic (exact) mass is 219 g/mol. The molecule has 1 heterocycles. The topological polar surface area (TPSA) is 38.3 Å². The highest BCUT2D eigenvalue weighted by atomic mass is 35.5. The predicted octanol–water partition coefficient (Wildman–Crippen LogP) is 1.50. The first-order valence-corrected chi connectivity index (χ1v) is 5.15. The van der Waals surface area contributed by atoms with Crippen LogP contribution in [-0.2, 0) is 9.53 Å². The number of fused-ring (bicyclic) bond motifs is 1. The van der Waals surface area contributed by atoms with Crippen molar-refractivity contribution in [3.63, 3.8) is 0 Å². The van der Waals surface area contributed by atoms with Crippen LogP contribution in [0.4, 0.5) is 0 Å². The number of halogens is 1. The van der Waals surface area contributed by atoms with Crippen molar-refractivity contribution in [1.82, 2.24) is 5.32 Å². The molecule has 0 bridgehead atoms. The van der Waals surface area contributed by atoms with E-state index in [1.54, 1.807) is 0 Å². The van der Waals surface area contributed by atoms with E-state index >= 15 is 0 Å². The van der Waals surface area contributed by atoms with Gasteiger partial charge in [0.2, 0.25) is 0 Å². The molecule has 4 heteroatoms. The Labute approximate surface area is 91.0 Å². The zero-order valence-electron chi connectivity index (χ0n) is 8.49. The maximum atomic E-state index is 11.3. The largest absolute Gasteiger partial charge is 0.468 e. The van der Waals surface area contributed by atoms with Crippen LogP contribution < -0.4 is 5.32 Å². The van der Waals surface area contributed by atoms with Crippen LogP contribution in [0.1, 0.15) is 32.1 Å². The van der Waals surface area contributed by atoms with Gasteiger partial charge in [0.1, 0.15) is 6.04 Å². The van der Waals surface area contributed by atoms with E-state index in [4.69, 9.17) is 4.74 Å². The maximum absolute atomic E-state index is 11.3. The first-order valence-electron chi connectivity index (χ1n) is 5.15. The lowest BCUT2D eigenvalue weighted by Gasteiger charge is -2.24. The Hall–Kier alpha value is -0.280. The molecule has 1 aliphatic heterocycles. The number of rotatable bonds is 1. The van der Waals surface area contributed by atoms with Crippen LogP contribution in [0.3, 0.4) is 0 Å². The summed E-state index contributed by atoms with van der Waals surface area (Å²) in [7, 11) is 1.46. The Kier molecular flexibility index (Phi) is 4.20. The summed E-state index contributed by atoms with van der Waals surface area (Å²) in [6, 6.07) is 0.552. The summed E-state index contributed by atoms with van der Waals surface area (Å²) in [5.74, 6) is 0.632. The zero-order chi connectivity index (χ0) is 9.26. The van der Waals surface area contributed by atoms with E-state index in [9.17, 15) is 4.79 Å². The molecule has 1 N–H and O–H groups in total. The molecule has 2 fully saturated rings. The second kappa shape index (κ2) is 4.99. The molecule has 1 saturated heterocycles. The van der Waals surface area contributed by atoms with Crippen molar-refractivity contribution in [3.05, 3.63) is 0 Å². The number of hydrogen-bond acceptors (Lipinski definition) is 3. The molecule has 2 aliphatic rings. The van der Waals surface area contributed by atoms with E-state index in [0.717, 1.165) is 12.3 Å². The zero-order valence-corrected chi connectivity index (χ0v) is 9.31. The Morgan fingerprint density at radius 3 is 2.71 bits per heavy atom. The van der Waals surface area contributed by atoms with Gasteiger partial charge in [-0.2, -0.15) is 0 Å². The van der Waals surface area contributed by atoms with Crippen LogP contribution in [-0.4, -0.2) is 25.2 Å². The summed E-state index contributed by atoms with van der Waals surface area (Å²) in [6.45, 7) is 0. The minimum atomic E-state index is -0.0885. The van der Waals surface area contributed by atoms with Gasteiger partial charge >= 0.3 is 5.97 Å². The van der Waals surface area contributed by atoms with Crippen LogP contribution in [0.25, 0.3) is 0 Å². The van der Waals surface area contributed by atoms with Crippen molar-refractivity contribution >= 4 is 18.4 Å². The summed E-state index contributed by atoms with van der Waals surface area (Å²) in [5.41, 5.74) is 0. The first-order chi connectivity index (χ1) is 6.31. The van der Waals surface area contributed by atoms with Gasteiger partial charge in [0.25, 0.3) is 0 Å². The molecule has 2 rings (SSSR count). The molecule has 0 aromatic carbocycles. The summed E-state index contributed by atoms with van der Waals surface area (Å²) >= 11 is 0. The van der Waals surface area contributed by atoms with E-state index in [1.165, 1.54) is 32.8 Å². The number of carbonyl (C=O) groups excluding carboxylic acids is 1. The number of hydrogen-bond donors (Lipinski definition) is 1. The smallest absolute Gasteiger partial charge is 0.322 e. The summed E-state index contributed by atoms with van der Waals surface area (Å²) < 4.78 is 4.74. The fourth-order valence-corrected chi connectivity index (χ4v) is 2.64. The third-order valence-corrected chi connectivity index (χ3v) is 3.35. The van der Waals surface area contributed by atoms with E-state index in [2.05, 4.69) is 5.32 Å². The number of nitrogens with one attached hydrogen (secondary N) is 1. The third kappa shape index (κ3) is 2.20. The number of ether oxygens (including phenoxy) is 1. The Morgan fingerprint density at radius 1 is 1.36 bits per heavy atom. The van der Waals surface area contributed by atoms with E-state index < -0.39 is 0 Å². The fraction of sp³-hybridized carbons (Fsp3) is 0.900. The van der Waals surface area contributed by atoms with E-state index in [-0.39, 0.29) is 24.4 Å². The van der Waals surface area contributed by atoms with Gasteiger partial charge in [-0.1, -0.05) is 12.8 Å². The van der Waals surface area contributed by atoms with Gasteiger partial charge in [0, 0.05) is 6.04 Å². The van der Waals surface area contributed by atoms with E-state index in [1.807, 2.05) is 0 Å². The third-order valence-electron chi connectivity index (χ3n) is 3.35. The first kappa shape index (κ1) is 11.8. The molecule has 14 heavy (non-hydrogen) atoms. The lowest BCUT2D eigenvalue weighted by molar-refractivity contribution is -0.142. The second-order valence-electron chi connectivity index (χ2n) is 4.13. The highest BCUT2D eigenvalue weighted by Gasteiger charge is 2.38. The molecule has 82 valence electrons. The highest BCUT2D eigenvalue weighted by molar-refractivity contribution is 5.85. The normalized spacial score (nSPS) is 35.6.